The molecule has 0 fully saturated rings. The standard InChI is InChI=1S/C15H23N3O4/c1-15(2,3)16-14(20)10-17(4)9-13(19)11-6-5-7-12(8-11)18(21)22/h5-8,13,19H,9-10H2,1-4H3,(H,16,20). The Kier molecular flexibility index (Phi) is 6.01. The van der Waals surface area contributed by atoms with Crippen LogP contribution in [0.25, 0.3) is 0 Å². The molecule has 7 heteroatoms. The molecule has 1 unspecified atom stereocenters. The lowest BCUT2D eigenvalue weighted by Gasteiger charge is -2.24. The van der Waals surface area contributed by atoms with E-state index in [0.717, 1.165) is 0 Å². The molecule has 0 radical (unpaired) electrons. The van der Waals surface area contributed by atoms with Gasteiger partial charge in [-0.25, -0.2) is 0 Å². The maximum absolute atomic E-state index is 11.8. The molecule has 0 aliphatic rings. The first-order valence-electron chi connectivity index (χ1n) is 7.00. The smallest absolute Gasteiger partial charge is 0.269 e. The van der Waals surface area contributed by atoms with Crippen LogP contribution in [0, 0.1) is 10.1 Å². The number of carbonyl (C=O) groups is 1. The van der Waals surface area contributed by atoms with Gasteiger partial charge in [-0.2, -0.15) is 0 Å². The van der Waals surface area contributed by atoms with Crippen LogP contribution >= 0.6 is 0 Å². The minimum atomic E-state index is -0.896. The van der Waals surface area contributed by atoms with E-state index in [1.807, 2.05) is 20.8 Å². The summed E-state index contributed by atoms with van der Waals surface area (Å²) >= 11 is 0. The van der Waals surface area contributed by atoms with Gasteiger partial charge >= 0.3 is 0 Å². The summed E-state index contributed by atoms with van der Waals surface area (Å²) in [5.41, 5.74) is 0.0818. The van der Waals surface area contributed by atoms with Crippen LogP contribution in [0.5, 0.6) is 0 Å². The highest BCUT2D eigenvalue weighted by Crippen LogP contribution is 2.19. The van der Waals surface area contributed by atoms with Crippen molar-refractivity contribution in [2.75, 3.05) is 20.1 Å². The number of likely N-dealkylation sites (N-methyl/N-ethyl adjacent to an activating group) is 1. The second kappa shape index (κ2) is 7.33. The second-order valence-corrected chi connectivity index (χ2v) is 6.36. The van der Waals surface area contributed by atoms with E-state index in [9.17, 15) is 20.0 Å². The van der Waals surface area contributed by atoms with Crippen LogP contribution in [0.4, 0.5) is 5.69 Å². The summed E-state index contributed by atoms with van der Waals surface area (Å²) in [7, 11) is 1.71. The monoisotopic (exact) mass is 309 g/mol. The number of nitrogens with one attached hydrogen (secondary N) is 1. The summed E-state index contributed by atoms with van der Waals surface area (Å²) in [6.07, 6.45) is -0.896. The van der Waals surface area contributed by atoms with E-state index in [1.165, 1.54) is 18.2 Å². The van der Waals surface area contributed by atoms with Crippen LogP contribution in [0.1, 0.15) is 32.4 Å². The van der Waals surface area contributed by atoms with E-state index in [0.29, 0.717) is 5.56 Å². The maximum atomic E-state index is 11.8. The third-order valence-corrected chi connectivity index (χ3v) is 2.88. The minimum Gasteiger partial charge on any atom is -0.387 e. The molecule has 0 aromatic heterocycles. The van der Waals surface area contributed by atoms with Crippen molar-refractivity contribution in [1.82, 2.24) is 10.2 Å². The fraction of sp³-hybridized carbons (Fsp3) is 0.533. The van der Waals surface area contributed by atoms with Crippen molar-refractivity contribution in [3.05, 3.63) is 39.9 Å². The Morgan fingerprint density at radius 1 is 1.45 bits per heavy atom. The molecule has 1 aromatic carbocycles. The van der Waals surface area contributed by atoms with Gasteiger partial charge in [-0.05, 0) is 33.4 Å². The molecular formula is C15H23N3O4. The first-order valence-corrected chi connectivity index (χ1v) is 7.00. The van der Waals surface area contributed by atoms with Crippen molar-refractivity contribution in [3.8, 4) is 0 Å². The average Bonchev–Trinajstić information content (AvgIpc) is 2.36. The predicted molar refractivity (Wildman–Crippen MR) is 83.4 cm³/mol. The molecule has 0 bridgehead atoms. The van der Waals surface area contributed by atoms with Crippen molar-refractivity contribution in [2.24, 2.45) is 0 Å². The molecular weight excluding hydrogens is 286 g/mol. The number of aliphatic hydroxyl groups is 1. The van der Waals surface area contributed by atoms with Gasteiger partial charge in [0.25, 0.3) is 5.69 Å². The van der Waals surface area contributed by atoms with Gasteiger partial charge in [0.05, 0.1) is 17.6 Å². The van der Waals surface area contributed by atoms with Crippen molar-refractivity contribution >= 4 is 11.6 Å². The molecule has 0 saturated heterocycles. The lowest BCUT2D eigenvalue weighted by molar-refractivity contribution is -0.385. The van der Waals surface area contributed by atoms with Gasteiger partial charge < -0.3 is 10.4 Å². The quantitative estimate of drug-likeness (QED) is 0.613. The van der Waals surface area contributed by atoms with E-state index >= 15 is 0 Å². The van der Waals surface area contributed by atoms with E-state index < -0.39 is 11.0 Å². The van der Waals surface area contributed by atoms with Crippen LogP contribution in [0.3, 0.4) is 0 Å². The summed E-state index contributed by atoms with van der Waals surface area (Å²) in [6, 6.07) is 5.87. The fourth-order valence-electron chi connectivity index (χ4n) is 2.01. The SMILES string of the molecule is CN(CC(=O)NC(C)(C)C)CC(O)c1cccc([N+](=O)[O-])c1. The summed E-state index contributed by atoms with van der Waals surface area (Å²) < 4.78 is 0. The Morgan fingerprint density at radius 2 is 2.09 bits per heavy atom. The van der Waals surface area contributed by atoms with Gasteiger partial charge in [-0.15, -0.1) is 0 Å². The Balaban J connectivity index is 2.60. The van der Waals surface area contributed by atoms with Gasteiger partial charge in [0.15, 0.2) is 0 Å². The number of rotatable bonds is 6. The molecule has 0 spiro atoms. The average molecular weight is 309 g/mol. The highest BCUT2D eigenvalue weighted by Gasteiger charge is 2.18. The molecule has 1 rings (SSSR count). The fourth-order valence-corrected chi connectivity index (χ4v) is 2.01. The van der Waals surface area contributed by atoms with Crippen molar-refractivity contribution < 1.29 is 14.8 Å². The summed E-state index contributed by atoms with van der Waals surface area (Å²) in [5, 5.41) is 23.7. The number of aliphatic hydroxyl groups excluding tert-OH is 1. The largest absolute Gasteiger partial charge is 0.387 e. The highest BCUT2D eigenvalue weighted by molar-refractivity contribution is 5.78. The van der Waals surface area contributed by atoms with Gasteiger partial charge in [-0.1, -0.05) is 12.1 Å². The molecule has 0 aliphatic carbocycles. The Hall–Kier alpha value is -1.99. The predicted octanol–water partition coefficient (Wildman–Crippen LogP) is 1.47. The molecule has 1 aromatic rings. The highest BCUT2D eigenvalue weighted by atomic mass is 16.6. The third kappa shape index (κ3) is 6.19. The molecule has 2 N–H and O–H groups in total. The number of hydrogen-bond donors (Lipinski definition) is 2. The van der Waals surface area contributed by atoms with Crippen molar-refractivity contribution in [2.45, 2.75) is 32.4 Å². The number of nitrogens with zero attached hydrogens (tertiary/aromatic N) is 2. The van der Waals surface area contributed by atoms with E-state index in [4.69, 9.17) is 0 Å². The second-order valence-electron chi connectivity index (χ2n) is 6.36. The topological polar surface area (TPSA) is 95.7 Å². The Labute approximate surface area is 130 Å². The molecule has 7 nitrogen and oxygen atoms in total. The Morgan fingerprint density at radius 3 is 2.64 bits per heavy atom. The third-order valence-electron chi connectivity index (χ3n) is 2.88. The zero-order valence-electron chi connectivity index (χ0n) is 13.4. The number of amides is 1. The van der Waals surface area contributed by atoms with Crippen LogP contribution in [0.15, 0.2) is 24.3 Å². The summed E-state index contributed by atoms with van der Waals surface area (Å²) in [5.74, 6) is -0.138. The normalized spacial score (nSPS) is 13.0. The molecule has 1 atom stereocenters. The lowest BCUT2D eigenvalue weighted by Crippen LogP contribution is -2.45. The minimum absolute atomic E-state index is 0.0651. The van der Waals surface area contributed by atoms with Gasteiger partial charge in [0, 0.05) is 24.2 Å². The van der Waals surface area contributed by atoms with E-state index in [2.05, 4.69) is 5.32 Å². The number of nitro benzene ring substituents is 1. The molecule has 0 heterocycles. The lowest BCUT2D eigenvalue weighted by atomic mass is 10.1. The number of nitro groups is 1. The number of carbonyl (C=O) groups excluding carboxylic acids is 1. The zero-order valence-corrected chi connectivity index (χ0v) is 13.4. The van der Waals surface area contributed by atoms with Gasteiger partial charge in [-0.3, -0.25) is 19.8 Å². The molecule has 0 saturated carbocycles. The zero-order chi connectivity index (χ0) is 16.9. The van der Waals surface area contributed by atoms with E-state index in [1.54, 1.807) is 18.0 Å². The number of non-ortho nitro benzene ring substituents is 1. The Bertz CT molecular complexity index is 540. The van der Waals surface area contributed by atoms with Crippen molar-refractivity contribution in [1.29, 1.82) is 0 Å². The first kappa shape index (κ1) is 18.1. The van der Waals surface area contributed by atoms with Crippen molar-refractivity contribution in [3.63, 3.8) is 0 Å². The van der Waals surface area contributed by atoms with Crippen LogP contribution in [-0.2, 0) is 4.79 Å². The molecule has 22 heavy (non-hydrogen) atoms. The van der Waals surface area contributed by atoms with E-state index in [-0.39, 0.29) is 30.2 Å². The van der Waals surface area contributed by atoms with Crippen LogP contribution in [-0.4, -0.2) is 46.5 Å². The van der Waals surface area contributed by atoms with Crippen LogP contribution in [0.2, 0.25) is 0 Å². The maximum Gasteiger partial charge on any atom is 0.269 e. The molecule has 1 amide bonds. The van der Waals surface area contributed by atoms with Gasteiger partial charge in [0.2, 0.25) is 5.91 Å². The number of benzene rings is 1. The molecule has 122 valence electrons. The van der Waals surface area contributed by atoms with Gasteiger partial charge in [0.1, 0.15) is 0 Å². The first-order chi connectivity index (χ1) is 10.1. The summed E-state index contributed by atoms with van der Waals surface area (Å²) in [4.78, 5) is 23.7. The summed E-state index contributed by atoms with van der Waals surface area (Å²) in [6.45, 7) is 6.02. The molecule has 0 aliphatic heterocycles. The number of hydrogen-bond acceptors (Lipinski definition) is 5. The van der Waals surface area contributed by atoms with Crippen LogP contribution < -0.4 is 5.32 Å².